The SMILES string of the molecule is NC(=O)c1cnc(S(N)(=O)=O)n1C(c1ccccc1)c1ccccc1. The lowest BCUT2D eigenvalue weighted by molar-refractivity contribution is 0.0990. The molecular weight excluding hydrogens is 340 g/mol. The highest BCUT2D eigenvalue weighted by Crippen LogP contribution is 2.30. The fourth-order valence-corrected chi connectivity index (χ4v) is 3.43. The van der Waals surface area contributed by atoms with Crippen LogP contribution in [0.15, 0.2) is 72.0 Å². The fraction of sp³-hybridized carbons (Fsp3) is 0.0588. The second-order valence-corrected chi connectivity index (χ2v) is 6.88. The number of rotatable bonds is 5. The van der Waals surface area contributed by atoms with Crippen molar-refractivity contribution in [1.82, 2.24) is 9.55 Å². The zero-order chi connectivity index (χ0) is 18.0. The van der Waals surface area contributed by atoms with Gasteiger partial charge in [0.1, 0.15) is 5.69 Å². The number of carbonyl (C=O) groups excluding carboxylic acids is 1. The van der Waals surface area contributed by atoms with Gasteiger partial charge in [0.15, 0.2) is 0 Å². The topological polar surface area (TPSA) is 121 Å². The molecule has 1 aromatic heterocycles. The van der Waals surface area contributed by atoms with Gasteiger partial charge in [0, 0.05) is 0 Å². The minimum absolute atomic E-state index is 0.0401. The summed E-state index contributed by atoms with van der Waals surface area (Å²) >= 11 is 0. The van der Waals surface area contributed by atoms with Crippen molar-refractivity contribution in [3.63, 3.8) is 0 Å². The molecule has 0 saturated heterocycles. The van der Waals surface area contributed by atoms with Gasteiger partial charge in [-0.2, -0.15) is 0 Å². The van der Waals surface area contributed by atoms with E-state index >= 15 is 0 Å². The van der Waals surface area contributed by atoms with Crippen LogP contribution in [0.3, 0.4) is 0 Å². The van der Waals surface area contributed by atoms with E-state index < -0.39 is 27.1 Å². The maximum atomic E-state index is 12.0. The smallest absolute Gasteiger partial charge is 0.272 e. The second kappa shape index (κ2) is 6.50. The number of aromatic nitrogens is 2. The number of nitrogens with zero attached hydrogens (tertiary/aromatic N) is 2. The summed E-state index contributed by atoms with van der Waals surface area (Å²) in [6, 6.07) is 17.7. The quantitative estimate of drug-likeness (QED) is 0.715. The average Bonchev–Trinajstić information content (AvgIpc) is 3.02. The molecule has 0 aliphatic heterocycles. The van der Waals surface area contributed by atoms with Crippen molar-refractivity contribution in [2.45, 2.75) is 11.2 Å². The zero-order valence-corrected chi connectivity index (χ0v) is 13.9. The molecule has 0 radical (unpaired) electrons. The molecule has 128 valence electrons. The van der Waals surface area contributed by atoms with E-state index in [1.54, 1.807) is 0 Å². The molecule has 0 aliphatic rings. The van der Waals surface area contributed by atoms with E-state index in [0.717, 1.165) is 17.3 Å². The van der Waals surface area contributed by atoms with Crippen molar-refractivity contribution in [2.24, 2.45) is 10.9 Å². The summed E-state index contributed by atoms with van der Waals surface area (Å²) in [4.78, 5) is 15.7. The molecule has 0 atom stereocenters. The molecule has 3 aromatic rings. The molecule has 25 heavy (non-hydrogen) atoms. The Morgan fingerprint density at radius 3 is 1.84 bits per heavy atom. The number of sulfonamides is 1. The Morgan fingerprint density at radius 2 is 1.44 bits per heavy atom. The van der Waals surface area contributed by atoms with Crippen LogP contribution in [-0.4, -0.2) is 23.9 Å². The molecule has 4 N–H and O–H groups in total. The van der Waals surface area contributed by atoms with Crippen LogP contribution < -0.4 is 10.9 Å². The number of nitrogens with two attached hydrogens (primary N) is 2. The Labute approximate surface area is 145 Å². The summed E-state index contributed by atoms with van der Waals surface area (Å²) in [6.45, 7) is 0. The van der Waals surface area contributed by atoms with E-state index in [1.807, 2.05) is 60.7 Å². The van der Waals surface area contributed by atoms with Crippen LogP contribution >= 0.6 is 0 Å². The van der Waals surface area contributed by atoms with E-state index in [4.69, 9.17) is 10.9 Å². The van der Waals surface area contributed by atoms with E-state index in [9.17, 15) is 13.2 Å². The van der Waals surface area contributed by atoms with Crippen molar-refractivity contribution in [3.05, 3.63) is 83.7 Å². The summed E-state index contributed by atoms with van der Waals surface area (Å²) < 4.78 is 25.3. The van der Waals surface area contributed by atoms with Crippen molar-refractivity contribution in [1.29, 1.82) is 0 Å². The number of primary sulfonamides is 1. The summed E-state index contributed by atoms with van der Waals surface area (Å²) in [7, 11) is -4.16. The summed E-state index contributed by atoms with van der Waals surface area (Å²) in [5, 5.41) is 4.88. The first kappa shape index (κ1) is 16.9. The zero-order valence-electron chi connectivity index (χ0n) is 13.1. The Kier molecular flexibility index (Phi) is 4.39. The first-order chi connectivity index (χ1) is 11.9. The van der Waals surface area contributed by atoms with Gasteiger partial charge in [0.25, 0.3) is 15.9 Å². The number of hydrogen-bond acceptors (Lipinski definition) is 4. The Hall–Kier alpha value is -2.97. The molecule has 3 rings (SSSR count). The highest BCUT2D eigenvalue weighted by molar-refractivity contribution is 7.89. The van der Waals surface area contributed by atoms with E-state index in [0.29, 0.717) is 0 Å². The predicted octanol–water partition coefficient (Wildman–Crippen LogP) is 1.27. The van der Waals surface area contributed by atoms with Crippen molar-refractivity contribution >= 4 is 15.9 Å². The van der Waals surface area contributed by atoms with E-state index in [1.165, 1.54) is 4.57 Å². The van der Waals surface area contributed by atoms with E-state index in [-0.39, 0.29) is 5.69 Å². The van der Waals surface area contributed by atoms with Gasteiger partial charge in [-0.25, -0.2) is 18.5 Å². The van der Waals surface area contributed by atoms with Crippen LogP contribution in [0, 0.1) is 0 Å². The van der Waals surface area contributed by atoms with Crippen LogP contribution in [0.25, 0.3) is 0 Å². The third-order valence-corrected chi connectivity index (χ3v) is 4.57. The van der Waals surface area contributed by atoms with Gasteiger partial charge in [-0.05, 0) is 11.1 Å². The van der Waals surface area contributed by atoms with Gasteiger partial charge in [-0.3, -0.25) is 9.36 Å². The highest BCUT2D eigenvalue weighted by Gasteiger charge is 2.29. The Morgan fingerprint density at radius 1 is 0.960 bits per heavy atom. The number of amides is 1. The van der Waals surface area contributed by atoms with Gasteiger partial charge < -0.3 is 5.73 Å². The number of carbonyl (C=O) groups is 1. The van der Waals surface area contributed by atoms with Gasteiger partial charge in [-0.1, -0.05) is 60.7 Å². The van der Waals surface area contributed by atoms with Crippen LogP contribution in [0.4, 0.5) is 0 Å². The van der Waals surface area contributed by atoms with Crippen LogP contribution in [-0.2, 0) is 10.0 Å². The normalized spacial score (nSPS) is 11.6. The average molecular weight is 356 g/mol. The van der Waals surface area contributed by atoms with Crippen molar-refractivity contribution in [2.75, 3.05) is 0 Å². The summed E-state index contributed by atoms with van der Waals surface area (Å²) in [5.41, 5.74) is 6.92. The van der Waals surface area contributed by atoms with Gasteiger partial charge in [-0.15, -0.1) is 0 Å². The maximum absolute atomic E-state index is 12.0. The first-order valence-electron chi connectivity index (χ1n) is 7.39. The number of primary amides is 1. The predicted molar refractivity (Wildman–Crippen MR) is 92.2 cm³/mol. The van der Waals surface area contributed by atoms with Crippen molar-refractivity contribution in [3.8, 4) is 0 Å². The molecule has 0 bridgehead atoms. The molecule has 7 nitrogen and oxygen atoms in total. The van der Waals surface area contributed by atoms with Crippen LogP contribution in [0.5, 0.6) is 0 Å². The molecule has 1 heterocycles. The minimum atomic E-state index is -4.16. The van der Waals surface area contributed by atoms with Crippen LogP contribution in [0.2, 0.25) is 0 Å². The van der Waals surface area contributed by atoms with Crippen molar-refractivity contribution < 1.29 is 13.2 Å². The standard InChI is InChI=1S/C17H16N4O3S/c18-16(22)14-11-20-17(25(19,23)24)21(14)15(12-7-3-1-4-8-12)13-9-5-2-6-10-13/h1-11,15H,(H2,18,22)(H2,19,23,24). The maximum Gasteiger partial charge on any atom is 0.272 e. The van der Waals surface area contributed by atoms with Crippen LogP contribution in [0.1, 0.15) is 27.7 Å². The number of imidazole rings is 1. The lowest BCUT2D eigenvalue weighted by Gasteiger charge is -2.23. The minimum Gasteiger partial charge on any atom is -0.364 e. The Bertz CT molecular complexity index is 959. The largest absolute Gasteiger partial charge is 0.364 e. The molecule has 1 amide bonds. The van der Waals surface area contributed by atoms with Gasteiger partial charge in [0.2, 0.25) is 5.16 Å². The fourth-order valence-electron chi connectivity index (χ4n) is 2.75. The lowest BCUT2D eigenvalue weighted by atomic mass is 9.98. The van der Waals surface area contributed by atoms with Gasteiger partial charge >= 0.3 is 0 Å². The lowest BCUT2D eigenvalue weighted by Crippen LogP contribution is -2.27. The third-order valence-electron chi connectivity index (χ3n) is 3.76. The molecule has 2 aromatic carbocycles. The monoisotopic (exact) mass is 356 g/mol. The molecule has 0 unspecified atom stereocenters. The Balaban J connectivity index is 2.35. The first-order valence-corrected chi connectivity index (χ1v) is 8.94. The molecule has 0 fully saturated rings. The second-order valence-electron chi connectivity index (χ2n) is 5.43. The summed E-state index contributed by atoms with van der Waals surface area (Å²) in [6.07, 6.45) is 1.13. The number of benzene rings is 2. The number of hydrogen-bond donors (Lipinski definition) is 2. The summed E-state index contributed by atoms with van der Waals surface area (Å²) in [5.74, 6) is -0.792. The molecule has 0 spiro atoms. The molecule has 0 saturated carbocycles. The molecule has 0 aliphatic carbocycles. The molecule has 8 heteroatoms. The highest BCUT2D eigenvalue weighted by atomic mass is 32.2. The van der Waals surface area contributed by atoms with Gasteiger partial charge in [0.05, 0.1) is 12.2 Å². The molecular formula is C17H16N4O3S. The third kappa shape index (κ3) is 3.30. The van der Waals surface area contributed by atoms with E-state index in [2.05, 4.69) is 4.98 Å².